The fourth-order valence-electron chi connectivity index (χ4n) is 2.30. The maximum atomic E-state index is 12.2. The van der Waals surface area contributed by atoms with Gasteiger partial charge < -0.3 is 15.4 Å². The van der Waals surface area contributed by atoms with Crippen LogP contribution in [-0.2, 0) is 4.74 Å². The maximum Gasteiger partial charge on any atom is 0.408 e. The fraction of sp³-hybridized carbons (Fsp3) is 0.706. The Morgan fingerprint density at radius 3 is 2.39 bits per heavy atom. The van der Waals surface area contributed by atoms with Gasteiger partial charge in [0.1, 0.15) is 5.60 Å². The van der Waals surface area contributed by atoms with Crippen molar-refractivity contribution in [2.75, 3.05) is 6.54 Å². The van der Waals surface area contributed by atoms with Crippen LogP contribution in [0.2, 0.25) is 0 Å². The molecule has 1 atom stereocenters. The van der Waals surface area contributed by atoms with Gasteiger partial charge in [-0.05, 0) is 67.9 Å². The van der Waals surface area contributed by atoms with E-state index in [1.807, 2.05) is 20.8 Å². The summed E-state index contributed by atoms with van der Waals surface area (Å²) in [5.41, 5.74) is -0.791. The lowest BCUT2D eigenvalue weighted by Crippen LogP contribution is -2.55. The number of amides is 1. The molecule has 1 rings (SSSR count). The first-order chi connectivity index (χ1) is 10.6. The number of thiophene rings is 1. The summed E-state index contributed by atoms with van der Waals surface area (Å²) in [5, 5.41) is 8.69. The van der Waals surface area contributed by atoms with Crippen LogP contribution < -0.4 is 10.6 Å². The van der Waals surface area contributed by atoms with E-state index in [9.17, 15) is 4.79 Å². The minimum atomic E-state index is -0.486. The zero-order valence-corrected chi connectivity index (χ0v) is 17.4. The second kappa shape index (κ2) is 8.49. The maximum absolute atomic E-state index is 12.2. The molecule has 0 fully saturated rings. The summed E-state index contributed by atoms with van der Waals surface area (Å²) in [4.78, 5) is 13.4. The van der Waals surface area contributed by atoms with Crippen molar-refractivity contribution in [2.45, 2.75) is 71.6 Å². The van der Waals surface area contributed by atoms with Crippen LogP contribution in [-0.4, -0.2) is 23.8 Å². The molecular formula is C17H29BrN2O2S. The monoisotopic (exact) mass is 404 g/mol. The largest absolute Gasteiger partial charge is 0.444 e. The molecule has 6 heteroatoms. The van der Waals surface area contributed by atoms with Gasteiger partial charge in [-0.2, -0.15) is 0 Å². The highest BCUT2D eigenvalue weighted by Gasteiger charge is 2.31. The lowest BCUT2D eigenvalue weighted by Gasteiger charge is -2.35. The van der Waals surface area contributed by atoms with Crippen molar-refractivity contribution in [1.29, 1.82) is 0 Å². The zero-order valence-electron chi connectivity index (χ0n) is 15.0. The Bertz CT molecular complexity index is 507. The van der Waals surface area contributed by atoms with Gasteiger partial charge in [0.05, 0.1) is 5.54 Å². The highest BCUT2D eigenvalue weighted by atomic mass is 79.9. The molecule has 1 aromatic rings. The third-order valence-electron chi connectivity index (χ3n) is 3.90. The normalized spacial score (nSPS) is 13.7. The van der Waals surface area contributed by atoms with Crippen molar-refractivity contribution >= 4 is 33.4 Å². The quantitative estimate of drug-likeness (QED) is 0.652. The number of halogens is 1. The van der Waals surface area contributed by atoms with Crippen LogP contribution in [0.3, 0.4) is 0 Å². The van der Waals surface area contributed by atoms with Gasteiger partial charge in [-0.1, -0.05) is 13.8 Å². The molecule has 0 aliphatic carbocycles. The predicted octanol–water partition coefficient (Wildman–Crippen LogP) is 5.24. The van der Waals surface area contributed by atoms with Crippen LogP contribution in [0, 0.1) is 0 Å². The first kappa shape index (κ1) is 20.5. The Hall–Kier alpha value is -0.590. The van der Waals surface area contributed by atoms with Crippen molar-refractivity contribution in [2.24, 2.45) is 0 Å². The van der Waals surface area contributed by atoms with Gasteiger partial charge in [0, 0.05) is 21.9 Å². The van der Waals surface area contributed by atoms with E-state index >= 15 is 0 Å². The van der Waals surface area contributed by atoms with Crippen LogP contribution in [0.5, 0.6) is 0 Å². The Balaban J connectivity index is 2.69. The van der Waals surface area contributed by atoms with Crippen molar-refractivity contribution in [1.82, 2.24) is 10.6 Å². The Morgan fingerprint density at radius 2 is 1.96 bits per heavy atom. The summed E-state index contributed by atoms with van der Waals surface area (Å²) in [6.07, 6.45) is 1.33. The van der Waals surface area contributed by atoms with Crippen molar-refractivity contribution < 1.29 is 9.53 Å². The lowest BCUT2D eigenvalue weighted by atomic mass is 9.92. The first-order valence-corrected chi connectivity index (χ1v) is 9.77. The Kier molecular flexibility index (Phi) is 7.55. The number of carbonyl (C=O) groups excluding carboxylic acids is 1. The molecule has 0 spiro atoms. The van der Waals surface area contributed by atoms with Crippen LogP contribution in [0.1, 0.15) is 65.3 Å². The zero-order chi connectivity index (χ0) is 17.7. The van der Waals surface area contributed by atoms with Gasteiger partial charge >= 0.3 is 6.09 Å². The van der Waals surface area contributed by atoms with Gasteiger partial charge in [0.2, 0.25) is 0 Å². The molecule has 1 heterocycles. The summed E-state index contributed by atoms with van der Waals surface area (Å²) in [6, 6.07) is 2.28. The van der Waals surface area contributed by atoms with Gasteiger partial charge in [-0.25, -0.2) is 4.79 Å². The molecule has 132 valence electrons. The van der Waals surface area contributed by atoms with Gasteiger partial charge in [0.25, 0.3) is 0 Å². The second-order valence-electron chi connectivity index (χ2n) is 6.85. The van der Waals surface area contributed by atoms with Crippen molar-refractivity contribution in [3.8, 4) is 0 Å². The molecule has 1 amide bonds. The van der Waals surface area contributed by atoms with Gasteiger partial charge in [-0.15, -0.1) is 11.3 Å². The number of nitrogens with one attached hydrogen (secondary N) is 2. The van der Waals surface area contributed by atoms with Crippen LogP contribution >= 0.6 is 27.3 Å². The molecule has 0 saturated heterocycles. The molecule has 0 radical (unpaired) electrons. The van der Waals surface area contributed by atoms with Gasteiger partial charge in [-0.3, -0.25) is 0 Å². The number of alkyl carbamates (subject to hydrolysis) is 1. The van der Waals surface area contributed by atoms with E-state index in [-0.39, 0.29) is 17.7 Å². The molecule has 0 saturated carbocycles. The SMILES string of the molecule is CCC(CC)(CNC(C)c1sccc1Br)NC(=O)OC(C)(C)C. The summed E-state index contributed by atoms with van der Waals surface area (Å²) in [7, 11) is 0. The van der Waals surface area contributed by atoms with E-state index < -0.39 is 5.60 Å². The van der Waals surface area contributed by atoms with E-state index in [0.717, 1.165) is 17.3 Å². The molecule has 1 unspecified atom stereocenters. The number of rotatable bonds is 7. The average Bonchev–Trinajstić information content (AvgIpc) is 2.87. The molecule has 23 heavy (non-hydrogen) atoms. The van der Waals surface area contributed by atoms with Crippen LogP contribution in [0.4, 0.5) is 4.79 Å². The van der Waals surface area contributed by atoms with Crippen molar-refractivity contribution in [3.05, 3.63) is 20.8 Å². The first-order valence-electron chi connectivity index (χ1n) is 8.10. The second-order valence-corrected chi connectivity index (χ2v) is 8.65. The highest BCUT2D eigenvalue weighted by Crippen LogP contribution is 2.29. The molecule has 4 nitrogen and oxygen atoms in total. The van der Waals surface area contributed by atoms with Crippen LogP contribution in [0.25, 0.3) is 0 Å². The molecule has 1 aromatic heterocycles. The van der Waals surface area contributed by atoms with E-state index in [1.54, 1.807) is 11.3 Å². The lowest BCUT2D eigenvalue weighted by molar-refractivity contribution is 0.0444. The molecule has 0 aliphatic heterocycles. The predicted molar refractivity (Wildman–Crippen MR) is 101 cm³/mol. The summed E-state index contributed by atoms with van der Waals surface area (Å²) in [5.74, 6) is 0. The minimum Gasteiger partial charge on any atom is -0.444 e. The molecule has 0 bridgehead atoms. The highest BCUT2D eigenvalue weighted by molar-refractivity contribution is 9.10. The third-order valence-corrected chi connectivity index (χ3v) is 5.96. The molecule has 2 N–H and O–H groups in total. The summed E-state index contributed by atoms with van der Waals surface area (Å²) >= 11 is 5.30. The smallest absolute Gasteiger partial charge is 0.408 e. The number of hydrogen-bond acceptors (Lipinski definition) is 4. The van der Waals surface area contributed by atoms with Gasteiger partial charge in [0.15, 0.2) is 0 Å². The number of hydrogen-bond donors (Lipinski definition) is 2. The third kappa shape index (κ3) is 6.43. The average molecular weight is 405 g/mol. The Labute approximate surface area is 152 Å². The molecule has 0 aromatic carbocycles. The fourth-order valence-corrected chi connectivity index (χ4v) is 4.05. The molecular weight excluding hydrogens is 376 g/mol. The number of ether oxygens (including phenoxy) is 1. The van der Waals surface area contributed by atoms with E-state index in [4.69, 9.17) is 4.74 Å². The standard InChI is InChI=1S/C17H29BrN2O2S/c1-7-17(8-2,20-15(21)22-16(4,5)6)11-19-12(3)14-13(18)9-10-23-14/h9-10,12,19H,7-8,11H2,1-6H3,(H,20,21). The van der Waals surface area contributed by atoms with E-state index in [1.165, 1.54) is 4.88 Å². The van der Waals surface area contributed by atoms with Crippen LogP contribution in [0.15, 0.2) is 15.9 Å². The van der Waals surface area contributed by atoms with E-state index in [2.05, 4.69) is 58.8 Å². The minimum absolute atomic E-state index is 0.224. The summed E-state index contributed by atoms with van der Waals surface area (Å²) < 4.78 is 6.54. The summed E-state index contributed by atoms with van der Waals surface area (Å²) in [6.45, 7) is 12.6. The Morgan fingerprint density at radius 1 is 1.35 bits per heavy atom. The number of carbonyl (C=O) groups is 1. The molecule has 0 aliphatic rings. The van der Waals surface area contributed by atoms with Crippen molar-refractivity contribution in [3.63, 3.8) is 0 Å². The topological polar surface area (TPSA) is 50.4 Å². The van der Waals surface area contributed by atoms with E-state index in [0.29, 0.717) is 6.54 Å².